The molecule has 0 aliphatic carbocycles. The topological polar surface area (TPSA) is 103 Å². The number of rotatable bonds is 6. The summed E-state index contributed by atoms with van der Waals surface area (Å²) in [6.45, 7) is 4.15. The number of pyridine rings is 3. The van der Waals surface area contributed by atoms with Crippen molar-refractivity contribution < 1.29 is 14.3 Å². The van der Waals surface area contributed by atoms with E-state index in [9.17, 15) is 14.4 Å². The largest absolute Gasteiger partial charge is 0.464 e. The Hall–Kier alpha value is -4.33. The van der Waals surface area contributed by atoms with Gasteiger partial charge in [0.15, 0.2) is 5.43 Å². The summed E-state index contributed by atoms with van der Waals surface area (Å²) in [6.07, 6.45) is 1.66. The Morgan fingerprint density at radius 3 is 2.47 bits per heavy atom. The van der Waals surface area contributed by atoms with E-state index in [4.69, 9.17) is 4.74 Å². The molecule has 0 saturated carbocycles. The van der Waals surface area contributed by atoms with Crippen molar-refractivity contribution in [3.63, 3.8) is 0 Å². The highest BCUT2D eigenvalue weighted by molar-refractivity contribution is 5.94. The lowest BCUT2D eigenvalue weighted by Crippen LogP contribution is -2.25. The molecule has 0 aliphatic heterocycles. The summed E-state index contributed by atoms with van der Waals surface area (Å²) in [5, 5.41) is 3.09. The van der Waals surface area contributed by atoms with E-state index in [0.717, 1.165) is 0 Å². The highest BCUT2D eigenvalue weighted by Crippen LogP contribution is 2.23. The second kappa shape index (κ2) is 9.66. The van der Waals surface area contributed by atoms with E-state index in [-0.39, 0.29) is 34.7 Å². The number of amides is 1. The number of carbonyl (C=O) groups excluding carboxylic acids is 2. The van der Waals surface area contributed by atoms with Crippen LogP contribution in [0.15, 0.2) is 65.6 Å². The minimum Gasteiger partial charge on any atom is -0.464 e. The fourth-order valence-corrected chi connectivity index (χ4v) is 3.82. The lowest BCUT2D eigenvalue weighted by Gasteiger charge is -2.19. The third-order valence-corrected chi connectivity index (χ3v) is 5.42. The van der Waals surface area contributed by atoms with Gasteiger partial charge in [-0.25, -0.2) is 9.78 Å². The molecule has 0 atom stereocenters. The number of ether oxygens (including phenoxy) is 1. The van der Waals surface area contributed by atoms with E-state index in [2.05, 4.69) is 15.3 Å². The monoisotopic (exact) mass is 456 g/mol. The van der Waals surface area contributed by atoms with Crippen LogP contribution in [0.1, 0.15) is 44.7 Å². The molecule has 0 bridgehead atoms. The Morgan fingerprint density at radius 2 is 1.82 bits per heavy atom. The molecule has 0 saturated heterocycles. The maximum atomic E-state index is 13.6. The zero-order valence-electron chi connectivity index (χ0n) is 19.2. The SMILES string of the molecule is CCNC(=O)c1ccc(Cc2c(C(=O)OC)n(-c3ccccc3)c3nc(C)ccc3c2=O)cn1. The molecule has 1 aromatic carbocycles. The van der Waals surface area contributed by atoms with Gasteiger partial charge in [0, 0.05) is 36.1 Å². The fraction of sp³-hybridized carbons (Fsp3) is 0.192. The molecular weight excluding hydrogens is 432 g/mol. The molecule has 0 unspecified atom stereocenters. The number of hydrogen-bond acceptors (Lipinski definition) is 6. The highest BCUT2D eigenvalue weighted by atomic mass is 16.5. The number of carbonyl (C=O) groups is 2. The van der Waals surface area contributed by atoms with Gasteiger partial charge in [0.05, 0.1) is 12.5 Å². The average Bonchev–Trinajstić information content (AvgIpc) is 2.86. The van der Waals surface area contributed by atoms with E-state index in [1.807, 2.05) is 44.2 Å². The summed E-state index contributed by atoms with van der Waals surface area (Å²) in [5.74, 6) is -0.920. The van der Waals surface area contributed by atoms with Crippen LogP contribution >= 0.6 is 0 Å². The number of hydrogen-bond donors (Lipinski definition) is 1. The van der Waals surface area contributed by atoms with Gasteiger partial charge >= 0.3 is 5.97 Å². The van der Waals surface area contributed by atoms with E-state index >= 15 is 0 Å². The van der Waals surface area contributed by atoms with Crippen molar-refractivity contribution in [2.24, 2.45) is 0 Å². The summed E-state index contributed by atoms with van der Waals surface area (Å²) in [7, 11) is 1.28. The molecule has 1 amide bonds. The molecule has 8 nitrogen and oxygen atoms in total. The van der Waals surface area contributed by atoms with Gasteiger partial charge in [0.2, 0.25) is 0 Å². The molecule has 0 spiro atoms. The number of nitrogens with zero attached hydrogens (tertiary/aromatic N) is 3. The average molecular weight is 457 g/mol. The van der Waals surface area contributed by atoms with Crippen LogP contribution in [0.4, 0.5) is 0 Å². The third-order valence-electron chi connectivity index (χ3n) is 5.42. The van der Waals surface area contributed by atoms with Crippen LogP contribution in [0.2, 0.25) is 0 Å². The van der Waals surface area contributed by atoms with Gasteiger partial charge < -0.3 is 10.1 Å². The molecule has 0 fully saturated rings. The first-order chi connectivity index (χ1) is 16.4. The Bertz CT molecular complexity index is 1430. The Balaban J connectivity index is 1.96. The van der Waals surface area contributed by atoms with Crippen LogP contribution in [0, 0.1) is 6.92 Å². The molecule has 4 aromatic rings. The quantitative estimate of drug-likeness (QED) is 0.447. The third kappa shape index (κ3) is 4.30. The predicted octanol–water partition coefficient (Wildman–Crippen LogP) is 3.22. The van der Waals surface area contributed by atoms with Crippen LogP contribution in [0.5, 0.6) is 0 Å². The lowest BCUT2D eigenvalue weighted by molar-refractivity contribution is 0.0589. The van der Waals surface area contributed by atoms with Gasteiger partial charge in [0.1, 0.15) is 17.0 Å². The standard InChI is InChI=1S/C26H24N4O4/c1-4-27-25(32)21-13-11-17(15-28-21)14-20-22(26(33)34-3)30(18-8-6-5-7-9-18)24-19(23(20)31)12-10-16(2)29-24/h5-13,15H,4,14H2,1-3H3,(H,27,32). The molecule has 1 N–H and O–H groups in total. The van der Waals surface area contributed by atoms with Crippen molar-refractivity contribution in [2.75, 3.05) is 13.7 Å². The second-order valence-electron chi connectivity index (χ2n) is 7.73. The van der Waals surface area contributed by atoms with E-state index in [0.29, 0.717) is 34.5 Å². The van der Waals surface area contributed by atoms with Crippen LogP contribution in [-0.4, -0.2) is 40.1 Å². The first-order valence-electron chi connectivity index (χ1n) is 10.9. The number of aryl methyl sites for hydroxylation is 1. The molecule has 0 radical (unpaired) electrons. The number of esters is 1. The van der Waals surface area contributed by atoms with Crippen molar-refractivity contribution in [3.8, 4) is 5.69 Å². The zero-order chi connectivity index (χ0) is 24.2. The number of benzene rings is 1. The highest BCUT2D eigenvalue weighted by Gasteiger charge is 2.25. The number of para-hydroxylation sites is 1. The van der Waals surface area contributed by atoms with Crippen molar-refractivity contribution >= 4 is 22.9 Å². The molecule has 172 valence electrons. The van der Waals surface area contributed by atoms with Crippen LogP contribution in [-0.2, 0) is 11.2 Å². The van der Waals surface area contributed by atoms with Crippen molar-refractivity contribution in [1.29, 1.82) is 0 Å². The van der Waals surface area contributed by atoms with Gasteiger partial charge in [0.25, 0.3) is 5.91 Å². The molecule has 0 aliphatic rings. The Kier molecular flexibility index (Phi) is 6.49. The second-order valence-corrected chi connectivity index (χ2v) is 7.73. The Labute approximate surface area is 196 Å². The minimum atomic E-state index is -0.645. The van der Waals surface area contributed by atoms with Crippen molar-refractivity contribution in [1.82, 2.24) is 19.9 Å². The molecule has 4 rings (SSSR count). The van der Waals surface area contributed by atoms with Gasteiger partial charge in [-0.3, -0.25) is 19.1 Å². The smallest absolute Gasteiger partial charge is 0.355 e. The minimum absolute atomic E-state index is 0.108. The molecule has 34 heavy (non-hydrogen) atoms. The molecule has 3 heterocycles. The van der Waals surface area contributed by atoms with Gasteiger partial charge in [-0.1, -0.05) is 24.3 Å². The van der Waals surface area contributed by atoms with Crippen molar-refractivity contribution in [2.45, 2.75) is 20.3 Å². The van der Waals surface area contributed by atoms with Gasteiger partial charge in [-0.15, -0.1) is 0 Å². The number of aromatic nitrogens is 3. The number of methoxy groups -OCH3 is 1. The summed E-state index contributed by atoms with van der Waals surface area (Å²) in [4.78, 5) is 47.5. The van der Waals surface area contributed by atoms with Crippen molar-refractivity contribution in [3.05, 3.63) is 99.2 Å². The number of nitrogens with one attached hydrogen (secondary N) is 1. The van der Waals surface area contributed by atoms with Gasteiger partial charge in [-0.2, -0.15) is 0 Å². The predicted molar refractivity (Wildman–Crippen MR) is 128 cm³/mol. The van der Waals surface area contributed by atoms with E-state index in [1.54, 1.807) is 28.8 Å². The summed E-state index contributed by atoms with van der Waals surface area (Å²) in [6, 6.07) is 16.1. The van der Waals surface area contributed by atoms with E-state index in [1.165, 1.54) is 13.3 Å². The van der Waals surface area contributed by atoms with Gasteiger partial charge in [-0.05, 0) is 49.7 Å². The van der Waals surface area contributed by atoms with Crippen LogP contribution in [0.25, 0.3) is 16.7 Å². The van der Waals surface area contributed by atoms with E-state index < -0.39 is 5.97 Å². The molecule has 3 aromatic heterocycles. The summed E-state index contributed by atoms with van der Waals surface area (Å²) in [5.41, 5.74) is 2.79. The fourth-order valence-electron chi connectivity index (χ4n) is 3.82. The maximum Gasteiger partial charge on any atom is 0.355 e. The first-order valence-corrected chi connectivity index (χ1v) is 10.9. The maximum absolute atomic E-state index is 13.6. The summed E-state index contributed by atoms with van der Waals surface area (Å²) < 4.78 is 6.76. The zero-order valence-corrected chi connectivity index (χ0v) is 19.2. The Morgan fingerprint density at radius 1 is 1.06 bits per heavy atom. The molecule has 8 heteroatoms. The lowest BCUT2D eigenvalue weighted by atomic mass is 10.0. The van der Waals surface area contributed by atoms with Crippen LogP contribution < -0.4 is 10.7 Å². The van der Waals surface area contributed by atoms with Crippen LogP contribution in [0.3, 0.4) is 0 Å². The normalized spacial score (nSPS) is 10.8. The number of fused-ring (bicyclic) bond motifs is 1. The first kappa shape index (κ1) is 22.8. The molecular formula is C26H24N4O4. The summed E-state index contributed by atoms with van der Waals surface area (Å²) >= 11 is 0.